The Morgan fingerprint density at radius 1 is 0.971 bits per heavy atom. The van der Waals surface area contributed by atoms with Gasteiger partial charge in [-0.1, -0.05) is 59.1 Å². The number of hydrogen-bond donors (Lipinski definition) is 2. The van der Waals surface area contributed by atoms with Crippen molar-refractivity contribution in [1.82, 2.24) is 4.57 Å². The maximum atomic E-state index is 14.5. The molecule has 1 atom stereocenters. The van der Waals surface area contributed by atoms with Crippen LogP contribution in [0.15, 0.2) is 66.7 Å². The second-order valence-corrected chi connectivity index (χ2v) is 8.70. The lowest BCUT2D eigenvalue weighted by Crippen LogP contribution is -2.26. The van der Waals surface area contributed by atoms with Gasteiger partial charge < -0.3 is 15.0 Å². The van der Waals surface area contributed by atoms with Gasteiger partial charge in [0.2, 0.25) is 0 Å². The van der Waals surface area contributed by atoms with Crippen LogP contribution in [0.3, 0.4) is 0 Å². The van der Waals surface area contributed by atoms with Gasteiger partial charge in [-0.3, -0.25) is 9.59 Å². The number of alkyl halides is 4. The molecule has 0 bridgehead atoms. The van der Waals surface area contributed by atoms with E-state index in [1.54, 1.807) is 12.1 Å². The van der Waals surface area contributed by atoms with Gasteiger partial charge in [0.15, 0.2) is 0 Å². The Labute approximate surface area is 211 Å². The molecule has 11 heteroatoms. The van der Waals surface area contributed by atoms with E-state index in [1.807, 2.05) is 0 Å². The zero-order chi connectivity index (χ0) is 25.5. The predicted molar refractivity (Wildman–Crippen MR) is 128 cm³/mol. The summed E-state index contributed by atoms with van der Waals surface area (Å²) in [6.45, 7) is 0. The number of aromatic hydroxyl groups is 1. The Hall–Kier alpha value is -3.20. The summed E-state index contributed by atoms with van der Waals surface area (Å²) in [5, 5.41) is 12.3. The van der Waals surface area contributed by atoms with E-state index in [-0.39, 0.29) is 32.2 Å². The van der Waals surface area contributed by atoms with Crippen molar-refractivity contribution in [3.05, 3.63) is 93.6 Å². The van der Waals surface area contributed by atoms with Gasteiger partial charge in [0.25, 0.3) is 11.7 Å². The molecule has 1 amide bonds. The van der Waals surface area contributed by atoms with E-state index in [2.05, 4.69) is 5.32 Å². The molecule has 0 aliphatic carbocycles. The molecule has 4 rings (SSSR count). The third kappa shape index (κ3) is 4.82. The number of phenolic OH excluding ortho intramolecular Hbond substituents is 1. The Balaban J connectivity index is 1.95. The van der Waals surface area contributed by atoms with Crippen molar-refractivity contribution in [2.75, 3.05) is 5.32 Å². The fourth-order valence-corrected chi connectivity index (χ4v) is 4.60. The average molecular weight is 542 g/mol. The molecule has 0 aliphatic heterocycles. The Kier molecular flexibility index (Phi) is 6.73. The molecule has 0 aliphatic rings. The number of aromatic nitrogens is 1. The molecule has 3 aromatic carbocycles. The van der Waals surface area contributed by atoms with Crippen molar-refractivity contribution in [1.29, 1.82) is 0 Å². The first kappa shape index (κ1) is 24.9. The van der Waals surface area contributed by atoms with E-state index in [9.17, 15) is 27.9 Å². The van der Waals surface area contributed by atoms with Crippen molar-refractivity contribution >= 4 is 63.1 Å². The molecule has 0 spiro atoms. The Bertz CT molecular complexity index is 1470. The quantitative estimate of drug-likeness (QED) is 0.158. The van der Waals surface area contributed by atoms with E-state index < -0.39 is 40.4 Å². The van der Waals surface area contributed by atoms with Crippen LogP contribution in [0.25, 0.3) is 10.9 Å². The number of hydrogen-bond acceptors (Lipinski definition) is 3. The lowest BCUT2D eigenvalue weighted by Gasteiger charge is -2.20. The molecule has 0 saturated heterocycles. The fraction of sp³-hybridized carbons (Fsp3) is 0.0833. The second-order valence-electron chi connectivity index (χ2n) is 7.44. The second kappa shape index (κ2) is 9.45. The van der Waals surface area contributed by atoms with Crippen molar-refractivity contribution in [2.24, 2.45) is 0 Å². The lowest BCUT2D eigenvalue weighted by atomic mass is 10.0. The average Bonchev–Trinajstić information content (AvgIpc) is 3.13. The van der Waals surface area contributed by atoms with Gasteiger partial charge in [0.1, 0.15) is 16.9 Å². The number of nitrogens with zero attached hydrogens (tertiary/aromatic N) is 1. The van der Waals surface area contributed by atoms with Gasteiger partial charge in [-0.05, 0) is 42.5 Å². The molecule has 5 nitrogen and oxygen atoms in total. The first-order valence-corrected chi connectivity index (χ1v) is 11.1. The highest BCUT2D eigenvalue weighted by Gasteiger charge is 2.44. The predicted octanol–water partition coefficient (Wildman–Crippen LogP) is 7.28. The van der Waals surface area contributed by atoms with Crippen LogP contribution in [0.1, 0.15) is 27.1 Å². The standard InChI is InChI=1S/C24H14Cl3F3N2O3/c25-12-4-3-5-13(10-12)31-23(35)20(34)19-16-11-14(33)8-9-18(16)32(21(19)24(28,29)30)22(27)15-6-1-2-7-17(15)26/h1-11,22,33H,(H,31,35). The van der Waals surface area contributed by atoms with Gasteiger partial charge in [-0.25, -0.2) is 0 Å². The number of carbonyl (C=O) groups excluding carboxylic acids is 2. The van der Waals surface area contributed by atoms with E-state index in [1.165, 1.54) is 42.5 Å². The summed E-state index contributed by atoms with van der Waals surface area (Å²) in [6, 6.07) is 15.1. The number of Topliss-reactive ketones (excluding diaryl/α,β-unsaturated/α-hetero) is 1. The van der Waals surface area contributed by atoms with Crippen LogP contribution in [-0.4, -0.2) is 21.4 Å². The topological polar surface area (TPSA) is 71.3 Å². The summed E-state index contributed by atoms with van der Waals surface area (Å²) in [6.07, 6.45) is -5.11. The molecular formula is C24H14Cl3F3N2O3. The minimum absolute atomic E-state index is 0.104. The van der Waals surface area contributed by atoms with Gasteiger partial charge in [-0.2, -0.15) is 13.2 Å². The van der Waals surface area contributed by atoms with Crippen LogP contribution in [0, 0.1) is 0 Å². The lowest BCUT2D eigenvalue weighted by molar-refractivity contribution is -0.143. The summed E-state index contributed by atoms with van der Waals surface area (Å²) >= 11 is 18.5. The zero-order valence-corrected chi connectivity index (χ0v) is 19.7. The number of fused-ring (bicyclic) bond motifs is 1. The number of ketones is 1. The van der Waals surface area contributed by atoms with E-state index in [0.717, 1.165) is 12.1 Å². The van der Waals surface area contributed by atoms with Gasteiger partial charge in [-0.15, -0.1) is 0 Å². The number of rotatable bonds is 5. The van der Waals surface area contributed by atoms with Crippen LogP contribution >= 0.6 is 34.8 Å². The number of anilines is 1. The third-order valence-electron chi connectivity index (χ3n) is 5.16. The highest BCUT2D eigenvalue weighted by atomic mass is 35.5. The van der Waals surface area contributed by atoms with Crippen molar-refractivity contribution in [2.45, 2.75) is 11.7 Å². The van der Waals surface area contributed by atoms with Crippen molar-refractivity contribution in [3.8, 4) is 5.75 Å². The van der Waals surface area contributed by atoms with E-state index in [0.29, 0.717) is 4.57 Å². The highest BCUT2D eigenvalue weighted by molar-refractivity contribution is 6.49. The molecule has 35 heavy (non-hydrogen) atoms. The summed E-state index contributed by atoms with van der Waals surface area (Å²) in [4.78, 5) is 25.9. The van der Waals surface area contributed by atoms with Gasteiger partial charge in [0.05, 0.1) is 11.1 Å². The molecule has 1 unspecified atom stereocenters. The normalized spacial score (nSPS) is 12.5. The fourth-order valence-electron chi connectivity index (χ4n) is 3.72. The van der Waals surface area contributed by atoms with Crippen LogP contribution in [0.2, 0.25) is 10.0 Å². The van der Waals surface area contributed by atoms with E-state index in [4.69, 9.17) is 34.8 Å². The van der Waals surface area contributed by atoms with Crippen molar-refractivity contribution < 1.29 is 27.9 Å². The Morgan fingerprint density at radius 2 is 1.69 bits per heavy atom. The van der Waals surface area contributed by atoms with Crippen LogP contribution in [0.5, 0.6) is 5.75 Å². The largest absolute Gasteiger partial charge is 0.508 e. The minimum atomic E-state index is -5.11. The zero-order valence-electron chi connectivity index (χ0n) is 17.4. The first-order chi connectivity index (χ1) is 16.5. The van der Waals surface area contributed by atoms with Gasteiger partial charge in [0, 0.05) is 26.7 Å². The number of carbonyl (C=O) groups is 2. The van der Waals surface area contributed by atoms with Crippen LogP contribution in [-0.2, 0) is 11.0 Å². The van der Waals surface area contributed by atoms with Crippen molar-refractivity contribution in [3.63, 3.8) is 0 Å². The summed E-state index contributed by atoms with van der Waals surface area (Å²) in [5.41, 5.74) is -3.78. The SMILES string of the molecule is O=C(Nc1cccc(Cl)c1)C(=O)c1c(C(F)(F)F)n(C(Cl)c2ccccc2Cl)c2ccc(O)cc12. The molecular weight excluding hydrogens is 528 g/mol. The smallest absolute Gasteiger partial charge is 0.432 e. The summed E-state index contributed by atoms with van der Waals surface area (Å²) in [7, 11) is 0. The molecule has 1 aromatic heterocycles. The number of halogens is 6. The van der Waals surface area contributed by atoms with E-state index >= 15 is 0 Å². The molecule has 0 fully saturated rings. The molecule has 0 radical (unpaired) electrons. The molecule has 2 N–H and O–H groups in total. The molecule has 0 saturated carbocycles. The van der Waals surface area contributed by atoms with Crippen LogP contribution in [0.4, 0.5) is 18.9 Å². The number of benzene rings is 3. The molecule has 4 aromatic rings. The number of amides is 1. The summed E-state index contributed by atoms with van der Waals surface area (Å²) in [5.74, 6) is -3.21. The summed E-state index contributed by atoms with van der Waals surface area (Å²) < 4.78 is 44.0. The monoisotopic (exact) mass is 540 g/mol. The Morgan fingerprint density at radius 3 is 2.34 bits per heavy atom. The maximum absolute atomic E-state index is 14.5. The molecule has 180 valence electrons. The minimum Gasteiger partial charge on any atom is -0.508 e. The first-order valence-electron chi connectivity index (χ1n) is 9.93. The van der Waals surface area contributed by atoms with Gasteiger partial charge >= 0.3 is 6.18 Å². The third-order valence-corrected chi connectivity index (χ3v) is 6.17. The number of phenols is 1. The molecule has 1 heterocycles. The van der Waals surface area contributed by atoms with Crippen LogP contribution < -0.4 is 5.32 Å². The maximum Gasteiger partial charge on any atom is 0.432 e. The highest BCUT2D eigenvalue weighted by Crippen LogP contribution is 2.44. The number of nitrogens with one attached hydrogen (secondary N) is 1.